The number of furan rings is 1. The molecule has 0 aliphatic carbocycles. The first kappa shape index (κ1) is 16.3. The van der Waals surface area contributed by atoms with Crippen LogP contribution >= 0.6 is 22.6 Å². The maximum absolute atomic E-state index is 11.9. The van der Waals surface area contributed by atoms with Gasteiger partial charge in [0, 0.05) is 0 Å². The summed E-state index contributed by atoms with van der Waals surface area (Å²) in [5, 5.41) is 3.94. The molecular formula is C15H15IN2O4. The summed E-state index contributed by atoms with van der Waals surface area (Å²) in [5.74, 6) is 1.50. The minimum absolute atomic E-state index is 0.322. The molecular weight excluding hydrogens is 399 g/mol. The molecule has 0 atom stereocenters. The van der Waals surface area contributed by atoms with E-state index in [4.69, 9.17) is 13.9 Å². The Morgan fingerprint density at radius 3 is 2.73 bits per heavy atom. The van der Waals surface area contributed by atoms with Crippen molar-refractivity contribution in [3.8, 4) is 11.5 Å². The van der Waals surface area contributed by atoms with Crippen molar-refractivity contribution >= 4 is 34.7 Å². The molecule has 116 valence electrons. The summed E-state index contributed by atoms with van der Waals surface area (Å²) in [6.07, 6.45) is 3.00. The Balaban J connectivity index is 2.12. The maximum atomic E-state index is 11.9. The van der Waals surface area contributed by atoms with Crippen molar-refractivity contribution in [1.29, 1.82) is 0 Å². The Hall–Kier alpha value is -2.03. The summed E-state index contributed by atoms with van der Waals surface area (Å²) in [6, 6.07) is 5.25. The average Bonchev–Trinajstić information content (AvgIpc) is 2.92. The van der Waals surface area contributed by atoms with Crippen LogP contribution in [0, 0.1) is 10.5 Å². The molecule has 1 aromatic heterocycles. The zero-order valence-electron chi connectivity index (χ0n) is 12.3. The van der Waals surface area contributed by atoms with E-state index in [1.54, 1.807) is 33.3 Å². The topological polar surface area (TPSA) is 73.1 Å². The van der Waals surface area contributed by atoms with Crippen molar-refractivity contribution in [2.24, 2.45) is 5.10 Å². The molecule has 22 heavy (non-hydrogen) atoms. The van der Waals surface area contributed by atoms with Crippen molar-refractivity contribution in [2.75, 3.05) is 14.2 Å². The number of hydrogen-bond acceptors (Lipinski definition) is 5. The molecule has 0 radical (unpaired) electrons. The Morgan fingerprint density at radius 2 is 2.14 bits per heavy atom. The first-order chi connectivity index (χ1) is 10.6. The van der Waals surface area contributed by atoms with Gasteiger partial charge >= 0.3 is 0 Å². The van der Waals surface area contributed by atoms with Gasteiger partial charge in [-0.25, -0.2) is 5.43 Å². The summed E-state index contributed by atoms with van der Waals surface area (Å²) in [4.78, 5) is 11.9. The number of carbonyl (C=O) groups excluding carboxylic acids is 1. The third-order valence-electron chi connectivity index (χ3n) is 2.94. The van der Waals surface area contributed by atoms with Gasteiger partial charge in [-0.3, -0.25) is 4.79 Å². The van der Waals surface area contributed by atoms with E-state index >= 15 is 0 Å². The molecule has 2 aromatic rings. The Morgan fingerprint density at radius 1 is 1.36 bits per heavy atom. The van der Waals surface area contributed by atoms with Gasteiger partial charge in [-0.2, -0.15) is 5.10 Å². The molecule has 0 saturated heterocycles. The van der Waals surface area contributed by atoms with Crippen LogP contribution in [0.4, 0.5) is 0 Å². The number of nitrogens with one attached hydrogen (secondary N) is 1. The Bertz CT molecular complexity index is 710. The molecule has 0 spiro atoms. The molecule has 0 unspecified atom stereocenters. The Kier molecular flexibility index (Phi) is 5.42. The quantitative estimate of drug-likeness (QED) is 0.464. The number of aryl methyl sites for hydroxylation is 1. The lowest BCUT2D eigenvalue weighted by molar-refractivity contribution is 0.0953. The second-order valence-electron chi connectivity index (χ2n) is 4.33. The van der Waals surface area contributed by atoms with E-state index in [1.165, 1.54) is 12.5 Å². The molecule has 1 aromatic carbocycles. The lowest BCUT2D eigenvalue weighted by atomic mass is 10.2. The number of rotatable bonds is 5. The van der Waals surface area contributed by atoms with E-state index in [0.717, 1.165) is 9.13 Å². The normalized spacial score (nSPS) is 10.7. The van der Waals surface area contributed by atoms with Crippen molar-refractivity contribution in [1.82, 2.24) is 5.43 Å². The van der Waals surface area contributed by atoms with Gasteiger partial charge in [-0.05, 0) is 53.3 Å². The lowest BCUT2D eigenvalue weighted by Crippen LogP contribution is -2.17. The first-order valence-corrected chi connectivity index (χ1v) is 7.43. The predicted octanol–water partition coefficient (Wildman–Crippen LogP) is 2.97. The summed E-state index contributed by atoms with van der Waals surface area (Å²) in [5.41, 5.74) is 3.70. The largest absolute Gasteiger partial charge is 0.493 e. The SMILES string of the molecule is COc1cc(/C=N/NC(=O)c2ccoc2C)cc(I)c1OC. The van der Waals surface area contributed by atoms with Gasteiger partial charge < -0.3 is 13.9 Å². The second-order valence-corrected chi connectivity index (χ2v) is 5.49. The van der Waals surface area contributed by atoms with Crippen LogP contribution in [0.3, 0.4) is 0 Å². The van der Waals surface area contributed by atoms with Crippen LogP contribution in [0.25, 0.3) is 0 Å². The fourth-order valence-corrected chi connectivity index (χ4v) is 2.70. The van der Waals surface area contributed by atoms with E-state index < -0.39 is 0 Å². The van der Waals surface area contributed by atoms with Crippen molar-refractivity contribution in [3.05, 3.63) is 44.9 Å². The van der Waals surface area contributed by atoms with E-state index in [9.17, 15) is 4.79 Å². The fourth-order valence-electron chi connectivity index (χ4n) is 1.86. The molecule has 2 rings (SSSR count). The molecule has 0 bridgehead atoms. The fraction of sp³-hybridized carbons (Fsp3) is 0.200. The number of hydrazone groups is 1. The zero-order valence-corrected chi connectivity index (χ0v) is 14.5. The van der Waals surface area contributed by atoms with E-state index in [0.29, 0.717) is 22.8 Å². The van der Waals surface area contributed by atoms with Crippen LogP contribution < -0.4 is 14.9 Å². The van der Waals surface area contributed by atoms with Crippen LogP contribution in [0.2, 0.25) is 0 Å². The average molecular weight is 414 g/mol. The van der Waals surface area contributed by atoms with Crippen molar-refractivity contribution < 1.29 is 18.7 Å². The highest BCUT2D eigenvalue weighted by atomic mass is 127. The van der Waals surface area contributed by atoms with E-state index in [2.05, 4.69) is 33.1 Å². The number of amides is 1. The molecule has 0 aliphatic rings. The van der Waals surface area contributed by atoms with Crippen LogP contribution in [-0.2, 0) is 0 Å². The molecule has 6 nitrogen and oxygen atoms in total. The summed E-state index contributed by atoms with van der Waals surface area (Å²) < 4.78 is 16.5. The smallest absolute Gasteiger partial charge is 0.274 e. The van der Waals surface area contributed by atoms with Gasteiger partial charge in [-0.15, -0.1) is 0 Å². The van der Waals surface area contributed by atoms with Gasteiger partial charge in [-0.1, -0.05) is 0 Å². The molecule has 1 amide bonds. The highest BCUT2D eigenvalue weighted by Crippen LogP contribution is 2.32. The highest BCUT2D eigenvalue weighted by Gasteiger charge is 2.11. The molecule has 0 aliphatic heterocycles. The summed E-state index contributed by atoms with van der Waals surface area (Å²) in [6.45, 7) is 1.72. The van der Waals surface area contributed by atoms with Gasteiger partial charge in [0.15, 0.2) is 11.5 Å². The molecule has 0 saturated carbocycles. The van der Waals surface area contributed by atoms with Gasteiger partial charge in [0.2, 0.25) is 0 Å². The van der Waals surface area contributed by atoms with Crippen LogP contribution in [0.5, 0.6) is 11.5 Å². The van der Waals surface area contributed by atoms with Gasteiger partial charge in [0.05, 0.1) is 35.8 Å². The van der Waals surface area contributed by atoms with Crippen LogP contribution in [0.15, 0.2) is 34.0 Å². The molecule has 0 fully saturated rings. The van der Waals surface area contributed by atoms with Crippen molar-refractivity contribution in [3.63, 3.8) is 0 Å². The van der Waals surface area contributed by atoms with Crippen LogP contribution in [-0.4, -0.2) is 26.3 Å². The third kappa shape index (κ3) is 3.59. The number of halogens is 1. The number of carbonyl (C=O) groups is 1. The molecule has 7 heteroatoms. The predicted molar refractivity (Wildman–Crippen MR) is 90.8 cm³/mol. The number of hydrogen-bond donors (Lipinski definition) is 1. The lowest BCUT2D eigenvalue weighted by Gasteiger charge is -2.10. The maximum Gasteiger partial charge on any atom is 0.274 e. The first-order valence-electron chi connectivity index (χ1n) is 6.35. The highest BCUT2D eigenvalue weighted by molar-refractivity contribution is 14.1. The summed E-state index contributed by atoms with van der Waals surface area (Å²) in [7, 11) is 3.15. The minimum atomic E-state index is -0.322. The van der Waals surface area contributed by atoms with Gasteiger partial charge in [0.25, 0.3) is 5.91 Å². The van der Waals surface area contributed by atoms with Gasteiger partial charge in [0.1, 0.15) is 5.76 Å². The zero-order chi connectivity index (χ0) is 16.1. The summed E-state index contributed by atoms with van der Waals surface area (Å²) >= 11 is 2.15. The second kappa shape index (κ2) is 7.30. The standard InChI is InChI=1S/C15H15IN2O4/c1-9-11(4-5-22-9)15(19)18-17-8-10-6-12(16)14(21-3)13(7-10)20-2/h4-8H,1-3H3,(H,18,19)/b17-8+. The number of ether oxygens (including phenoxy) is 2. The minimum Gasteiger partial charge on any atom is -0.493 e. The third-order valence-corrected chi connectivity index (χ3v) is 3.74. The monoisotopic (exact) mass is 414 g/mol. The molecule has 1 N–H and O–H groups in total. The molecule has 1 heterocycles. The number of nitrogens with zero attached hydrogens (tertiary/aromatic N) is 1. The number of benzene rings is 1. The van der Waals surface area contributed by atoms with E-state index in [1.807, 2.05) is 6.07 Å². The Labute approximate surface area is 141 Å². The van der Waals surface area contributed by atoms with Crippen LogP contribution in [0.1, 0.15) is 21.7 Å². The number of methoxy groups -OCH3 is 2. The van der Waals surface area contributed by atoms with Crippen molar-refractivity contribution in [2.45, 2.75) is 6.92 Å². The van der Waals surface area contributed by atoms with E-state index in [-0.39, 0.29) is 5.91 Å².